The molecular weight excluding hydrogens is 581 g/mol. The number of anilines is 1. The molecule has 7 nitrogen and oxygen atoms in total. The van der Waals surface area contributed by atoms with Gasteiger partial charge in [-0.2, -0.15) is 0 Å². The molecule has 3 aromatic carbocycles. The minimum atomic E-state index is -4.25. The van der Waals surface area contributed by atoms with Gasteiger partial charge in [0.1, 0.15) is 12.6 Å². The smallest absolute Gasteiger partial charge is 0.264 e. The normalized spacial score (nSPS) is 12.9. The van der Waals surface area contributed by atoms with E-state index < -0.39 is 28.5 Å². The van der Waals surface area contributed by atoms with Crippen LogP contribution in [0.1, 0.15) is 50.3 Å². The van der Waals surface area contributed by atoms with E-state index in [4.69, 9.17) is 23.2 Å². The molecule has 0 aliphatic heterocycles. The maximum atomic E-state index is 14.2. The van der Waals surface area contributed by atoms with Gasteiger partial charge in [-0.25, -0.2) is 8.42 Å². The van der Waals surface area contributed by atoms with Gasteiger partial charge in [-0.15, -0.1) is 0 Å². The summed E-state index contributed by atoms with van der Waals surface area (Å²) in [4.78, 5) is 29.0. The van der Waals surface area contributed by atoms with Gasteiger partial charge in [-0.1, -0.05) is 79.0 Å². The maximum Gasteiger partial charge on any atom is 0.264 e. The van der Waals surface area contributed by atoms with Crippen molar-refractivity contribution in [2.45, 2.75) is 71.0 Å². The van der Waals surface area contributed by atoms with Crippen LogP contribution in [0.4, 0.5) is 5.69 Å². The Labute approximate surface area is 253 Å². The summed E-state index contributed by atoms with van der Waals surface area (Å²) in [6, 6.07) is 17.5. The summed E-state index contributed by atoms with van der Waals surface area (Å²) in [5.41, 5.74) is 2.75. The Kier molecular flexibility index (Phi) is 11.2. The van der Waals surface area contributed by atoms with Crippen LogP contribution >= 0.6 is 23.2 Å². The molecule has 10 heteroatoms. The van der Waals surface area contributed by atoms with Crippen LogP contribution in [0.25, 0.3) is 0 Å². The topological polar surface area (TPSA) is 86.8 Å². The third kappa shape index (κ3) is 8.03. The van der Waals surface area contributed by atoms with Gasteiger partial charge in [0.05, 0.1) is 15.6 Å². The molecule has 220 valence electrons. The Bertz CT molecular complexity index is 1480. The molecule has 0 aliphatic carbocycles. The predicted molar refractivity (Wildman–Crippen MR) is 166 cm³/mol. The molecule has 3 rings (SSSR count). The van der Waals surface area contributed by atoms with Crippen molar-refractivity contribution in [3.8, 4) is 0 Å². The molecule has 0 saturated carbocycles. The average Bonchev–Trinajstić information content (AvgIpc) is 2.94. The second kappa shape index (κ2) is 14.2. The number of sulfonamides is 1. The maximum absolute atomic E-state index is 14.2. The Morgan fingerprint density at radius 3 is 2.20 bits per heavy atom. The van der Waals surface area contributed by atoms with Crippen LogP contribution in [-0.4, -0.2) is 43.8 Å². The summed E-state index contributed by atoms with van der Waals surface area (Å²) < 4.78 is 29.0. The molecular formula is C31H37Cl2N3O4S. The monoisotopic (exact) mass is 617 g/mol. The van der Waals surface area contributed by atoms with E-state index >= 15 is 0 Å². The number of nitrogens with zero attached hydrogens (tertiary/aromatic N) is 2. The number of rotatable bonds is 12. The van der Waals surface area contributed by atoms with Gasteiger partial charge in [0.2, 0.25) is 11.8 Å². The molecule has 0 saturated heterocycles. The fourth-order valence-electron chi connectivity index (χ4n) is 4.36. The van der Waals surface area contributed by atoms with Crippen molar-refractivity contribution < 1.29 is 18.0 Å². The Hall–Kier alpha value is -3.07. The highest BCUT2D eigenvalue weighted by atomic mass is 35.5. The quantitative estimate of drug-likeness (QED) is 0.250. The molecule has 0 radical (unpaired) electrons. The summed E-state index contributed by atoms with van der Waals surface area (Å²) in [7, 11) is -4.25. The van der Waals surface area contributed by atoms with E-state index in [0.717, 1.165) is 27.4 Å². The summed E-state index contributed by atoms with van der Waals surface area (Å²) in [5, 5.41) is 3.35. The standard InChI is InChI=1S/C31H37Cl2N3O4S/c1-6-23(5)34-31(38)28(7-2)35(19-24-11-9-8-10-22(24)4)30(37)20-36(29-18-25(32)14-17-27(29)33)41(39,40)26-15-12-21(3)13-16-26/h8-18,23,28H,6-7,19-20H2,1-5H3,(H,34,38)/t23-,28+/m1/s1. The number of hydrogen-bond donors (Lipinski definition) is 1. The average molecular weight is 619 g/mol. The molecule has 0 heterocycles. The molecule has 0 unspecified atom stereocenters. The number of halogens is 2. The van der Waals surface area contributed by atoms with Crippen LogP contribution < -0.4 is 9.62 Å². The minimum absolute atomic E-state index is 0.000971. The molecule has 0 aromatic heterocycles. The van der Waals surface area contributed by atoms with Gasteiger partial charge in [0, 0.05) is 17.6 Å². The van der Waals surface area contributed by atoms with Crippen LogP contribution in [0.15, 0.2) is 71.6 Å². The number of carbonyl (C=O) groups is 2. The highest BCUT2D eigenvalue weighted by molar-refractivity contribution is 7.92. The minimum Gasteiger partial charge on any atom is -0.352 e. The van der Waals surface area contributed by atoms with Crippen LogP contribution in [0.3, 0.4) is 0 Å². The van der Waals surface area contributed by atoms with Gasteiger partial charge < -0.3 is 10.2 Å². The van der Waals surface area contributed by atoms with E-state index in [1.165, 1.54) is 29.2 Å². The summed E-state index contributed by atoms with van der Waals surface area (Å²) >= 11 is 12.7. The van der Waals surface area contributed by atoms with Crippen molar-refractivity contribution in [2.24, 2.45) is 0 Å². The first-order valence-electron chi connectivity index (χ1n) is 13.6. The van der Waals surface area contributed by atoms with Crippen molar-refractivity contribution in [3.05, 3.63) is 93.5 Å². The van der Waals surface area contributed by atoms with Crippen LogP contribution in [0.2, 0.25) is 10.0 Å². The molecule has 0 fully saturated rings. The fraction of sp³-hybridized carbons (Fsp3) is 0.355. The zero-order valence-corrected chi connectivity index (χ0v) is 26.4. The lowest BCUT2D eigenvalue weighted by Crippen LogP contribution is -2.53. The van der Waals surface area contributed by atoms with Gasteiger partial charge in [-0.05, 0) is 75.1 Å². The van der Waals surface area contributed by atoms with E-state index in [9.17, 15) is 18.0 Å². The number of amides is 2. The van der Waals surface area contributed by atoms with E-state index in [0.29, 0.717) is 6.42 Å². The largest absolute Gasteiger partial charge is 0.352 e. The first kappa shape index (κ1) is 32.4. The first-order chi connectivity index (χ1) is 19.4. The van der Waals surface area contributed by atoms with Crippen LogP contribution in [-0.2, 0) is 26.2 Å². The lowest BCUT2D eigenvalue weighted by molar-refractivity contribution is -0.140. The molecule has 0 aliphatic rings. The van der Waals surface area contributed by atoms with Crippen LogP contribution in [0, 0.1) is 13.8 Å². The Morgan fingerprint density at radius 2 is 1.59 bits per heavy atom. The second-order valence-corrected chi connectivity index (χ2v) is 12.8. The molecule has 1 N–H and O–H groups in total. The third-order valence-electron chi connectivity index (χ3n) is 7.05. The van der Waals surface area contributed by atoms with Crippen LogP contribution in [0.5, 0.6) is 0 Å². The van der Waals surface area contributed by atoms with Crippen molar-refractivity contribution in [1.29, 1.82) is 0 Å². The van der Waals surface area contributed by atoms with Crippen molar-refractivity contribution in [1.82, 2.24) is 10.2 Å². The summed E-state index contributed by atoms with van der Waals surface area (Å²) in [6.07, 6.45) is 1.06. The molecule has 2 atom stereocenters. The van der Waals surface area contributed by atoms with Gasteiger partial charge in [0.25, 0.3) is 10.0 Å². The number of hydrogen-bond acceptors (Lipinski definition) is 4. The number of nitrogens with one attached hydrogen (secondary N) is 1. The molecule has 0 bridgehead atoms. The first-order valence-corrected chi connectivity index (χ1v) is 15.8. The molecule has 3 aromatic rings. The fourth-order valence-corrected chi connectivity index (χ4v) is 6.22. The lowest BCUT2D eigenvalue weighted by Gasteiger charge is -2.34. The zero-order valence-electron chi connectivity index (χ0n) is 24.0. The molecule has 0 spiro atoms. The predicted octanol–water partition coefficient (Wildman–Crippen LogP) is 6.53. The van der Waals surface area contributed by atoms with Crippen molar-refractivity contribution in [3.63, 3.8) is 0 Å². The van der Waals surface area contributed by atoms with E-state index in [1.54, 1.807) is 18.2 Å². The Morgan fingerprint density at radius 1 is 0.927 bits per heavy atom. The van der Waals surface area contributed by atoms with Gasteiger partial charge in [-0.3, -0.25) is 13.9 Å². The highest BCUT2D eigenvalue weighted by Gasteiger charge is 2.35. The van der Waals surface area contributed by atoms with E-state index in [2.05, 4.69) is 5.32 Å². The zero-order chi connectivity index (χ0) is 30.3. The van der Waals surface area contributed by atoms with Gasteiger partial charge in [0.15, 0.2) is 0 Å². The second-order valence-electron chi connectivity index (χ2n) is 10.1. The third-order valence-corrected chi connectivity index (χ3v) is 9.38. The van der Waals surface area contributed by atoms with Crippen molar-refractivity contribution >= 4 is 50.7 Å². The molecule has 41 heavy (non-hydrogen) atoms. The van der Waals surface area contributed by atoms with E-state index in [1.807, 2.05) is 58.9 Å². The van der Waals surface area contributed by atoms with Gasteiger partial charge >= 0.3 is 0 Å². The highest BCUT2D eigenvalue weighted by Crippen LogP contribution is 2.33. The SMILES string of the molecule is CC[C@@H](C)NC(=O)[C@H](CC)N(Cc1ccccc1C)C(=O)CN(c1cc(Cl)ccc1Cl)S(=O)(=O)c1ccc(C)cc1. The summed E-state index contributed by atoms with van der Waals surface area (Å²) in [5.74, 6) is -0.844. The lowest BCUT2D eigenvalue weighted by atomic mass is 10.1. The van der Waals surface area contributed by atoms with Crippen molar-refractivity contribution in [2.75, 3.05) is 10.8 Å². The number of benzene rings is 3. The number of carbonyl (C=O) groups excluding carboxylic acids is 2. The number of aryl methyl sites for hydroxylation is 2. The van der Waals surface area contributed by atoms with E-state index in [-0.39, 0.29) is 39.1 Å². The summed E-state index contributed by atoms with van der Waals surface area (Å²) in [6.45, 7) is 9.00. The molecule has 2 amide bonds. The Balaban J connectivity index is 2.11.